The van der Waals surface area contributed by atoms with Gasteiger partial charge in [0, 0.05) is 0 Å². The molecule has 0 amide bonds. The largest absolute Gasteiger partial charge is 0.412 e. The van der Waals surface area contributed by atoms with Crippen LogP contribution in [0.4, 0.5) is 35.1 Å². The fourth-order valence-corrected chi connectivity index (χ4v) is 17.7. The lowest BCUT2D eigenvalue weighted by Gasteiger charge is -2.43. The van der Waals surface area contributed by atoms with Gasteiger partial charge in [-0.05, 0) is 78.6 Å². The van der Waals surface area contributed by atoms with Gasteiger partial charge in [-0.15, -0.1) is 0 Å². The van der Waals surface area contributed by atoms with Crippen LogP contribution in [0, 0.1) is 0 Å². The molecule has 0 aromatic heterocycles. The van der Waals surface area contributed by atoms with Crippen molar-refractivity contribution < 1.29 is 61.1 Å². The van der Waals surface area contributed by atoms with Crippen LogP contribution in [0.15, 0.2) is 0 Å². The first-order valence-electron chi connectivity index (χ1n) is 10.6. The van der Waals surface area contributed by atoms with Crippen molar-refractivity contribution in [3.8, 4) is 0 Å². The minimum atomic E-state index is -7.08. The fourth-order valence-electron chi connectivity index (χ4n) is 2.43. The van der Waals surface area contributed by atoms with Gasteiger partial charge in [-0.25, -0.2) is 0 Å². The standard InChI is InChI=1S/C16H36F8O6P2Si4/c1-33(2,3)27-31(25,28-34(4,5)6)15(21,22)13(17,18)14(19,20)16(23,24)32(26,29-35(7,8)9)30-36(10,11)12/h1-12H3. The second-order valence-corrected chi connectivity index (χ2v) is 35.0. The van der Waals surface area contributed by atoms with Crippen molar-refractivity contribution in [3.05, 3.63) is 0 Å². The molecule has 0 aliphatic heterocycles. The van der Waals surface area contributed by atoms with E-state index in [2.05, 4.69) is 16.9 Å². The normalized spacial score (nSPS) is 16.4. The molecule has 0 bridgehead atoms. The predicted octanol–water partition coefficient (Wildman–Crippen LogP) is 9.23. The first-order valence-corrected chi connectivity index (χ1v) is 27.3. The molecular weight excluding hydrogens is 614 g/mol. The maximum atomic E-state index is 15.2. The molecule has 0 spiro atoms. The van der Waals surface area contributed by atoms with E-state index in [1.807, 2.05) is 0 Å². The predicted molar refractivity (Wildman–Crippen MR) is 133 cm³/mol. The first kappa shape index (κ1) is 36.6. The van der Waals surface area contributed by atoms with E-state index in [1.54, 1.807) is 0 Å². The van der Waals surface area contributed by atoms with Gasteiger partial charge in [0.2, 0.25) is 0 Å². The van der Waals surface area contributed by atoms with Crippen molar-refractivity contribution in [1.29, 1.82) is 0 Å². The van der Waals surface area contributed by atoms with Gasteiger partial charge in [-0.3, -0.25) is 9.13 Å². The Morgan fingerprint density at radius 2 is 0.556 bits per heavy atom. The molecule has 0 rings (SSSR count). The van der Waals surface area contributed by atoms with Crippen LogP contribution in [0.2, 0.25) is 78.6 Å². The molecule has 0 aliphatic carbocycles. The fraction of sp³-hybridized carbons (Fsp3) is 1.00. The van der Waals surface area contributed by atoms with Crippen molar-refractivity contribution in [1.82, 2.24) is 0 Å². The van der Waals surface area contributed by atoms with Crippen molar-refractivity contribution in [3.63, 3.8) is 0 Å². The Kier molecular flexibility index (Phi) is 10.4. The number of hydrogen-bond donors (Lipinski definition) is 0. The summed E-state index contributed by atoms with van der Waals surface area (Å²) in [4.78, 5) is 0. The van der Waals surface area contributed by atoms with E-state index in [0.29, 0.717) is 0 Å². The minimum Gasteiger partial charge on any atom is -0.347 e. The number of rotatable bonds is 13. The summed E-state index contributed by atoms with van der Waals surface area (Å²) in [6.45, 7) is 13.6. The summed E-state index contributed by atoms with van der Waals surface area (Å²) in [7, 11) is -27.0. The van der Waals surface area contributed by atoms with Gasteiger partial charge < -0.3 is 16.9 Å². The Balaban J connectivity index is 7.20. The lowest BCUT2D eigenvalue weighted by atomic mass is 10.2. The Hall–Kier alpha value is 0.608. The third kappa shape index (κ3) is 8.07. The quantitative estimate of drug-likeness (QED) is 0.112. The summed E-state index contributed by atoms with van der Waals surface area (Å²) in [6.07, 6.45) is 0. The van der Waals surface area contributed by atoms with Gasteiger partial charge in [0.05, 0.1) is 0 Å². The van der Waals surface area contributed by atoms with Crippen LogP contribution in [-0.2, 0) is 26.0 Å². The molecule has 36 heavy (non-hydrogen) atoms. The van der Waals surface area contributed by atoms with Gasteiger partial charge in [-0.2, -0.15) is 35.1 Å². The van der Waals surface area contributed by atoms with E-state index in [0.717, 1.165) is 78.6 Å². The minimum absolute atomic E-state index is 1.13. The second-order valence-electron chi connectivity index (χ2n) is 12.0. The van der Waals surface area contributed by atoms with Gasteiger partial charge in [0.1, 0.15) is 0 Å². The smallest absolute Gasteiger partial charge is 0.347 e. The summed E-state index contributed by atoms with van der Waals surface area (Å²) in [5.74, 6) is -14.2. The lowest BCUT2D eigenvalue weighted by molar-refractivity contribution is -0.331. The lowest BCUT2D eigenvalue weighted by Crippen LogP contribution is -2.63. The van der Waals surface area contributed by atoms with Gasteiger partial charge in [-0.1, -0.05) is 0 Å². The molecule has 0 atom stereocenters. The maximum absolute atomic E-state index is 15.2. The molecule has 0 aromatic rings. The molecule has 0 saturated carbocycles. The zero-order valence-corrected chi connectivity index (χ0v) is 28.2. The average Bonchev–Trinajstić information content (AvgIpc) is 2.46. The topological polar surface area (TPSA) is 71.1 Å². The van der Waals surface area contributed by atoms with E-state index >= 15 is 35.1 Å². The maximum Gasteiger partial charge on any atom is 0.412 e. The van der Waals surface area contributed by atoms with Crippen LogP contribution in [0.25, 0.3) is 0 Å². The highest BCUT2D eigenvalue weighted by Crippen LogP contribution is 2.77. The monoisotopic (exact) mass is 650 g/mol. The first-order chi connectivity index (χ1) is 15.1. The van der Waals surface area contributed by atoms with E-state index < -0.39 is 71.6 Å². The number of alkyl halides is 8. The highest BCUT2D eigenvalue weighted by Gasteiger charge is 2.90. The van der Waals surface area contributed by atoms with Crippen LogP contribution in [0.1, 0.15) is 0 Å². The third-order valence-electron chi connectivity index (χ3n) is 3.41. The van der Waals surface area contributed by atoms with Gasteiger partial charge in [0.25, 0.3) is 0 Å². The second kappa shape index (κ2) is 10.2. The third-order valence-corrected chi connectivity index (χ3v) is 18.0. The molecule has 6 nitrogen and oxygen atoms in total. The SMILES string of the molecule is C[Si](C)(C)OP(=O)(O[Si](C)(C)C)C(F)(F)C(F)(F)C(F)(F)C(F)(F)P(=O)(O[Si](C)(C)C)O[Si](C)(C)C. The van der Waals surface area contributed by atoms with E-state index in [9.17, 15) is 9.13 Å². The van der Waals surface area contributed by atoms with Crippen molar-refractivity contribution in [2.24, 2.45) is 0 Å². The Labute approximate surface area is 211 Å². The molecule has 20 heteroatoms. The Morgan fingerprint density at radius 1 is 0.417 bits per heavy atom. The molecule has 0 radical (unpaired) electrons. The van der Waals surface area contributed by atoms with Crippen LogP contribution in [0.3, 0.4) is 0 Å². The molecule has 218 valence electrons. The molecule has 0 N–H and O–H groups in total. The highest BCUT2D eigenvalue weighted by molar-refractivity contribution is 7.59. The van der Waals surface area contributed by atoms with Crippen LogP contribution in [-0.4, -0.2) is 56.4 Å². The molecular formula is C16H36F8O6P2Si4. The molecule has 0 unspecified atom stereocenters. The zero-order chi connectivity index (χ0) is 29.8. The van der Waals surface area contributed by atoms with E-state index in [1.165, 1.54) is 0 Å². The number of hydrogen-bond acceptors (Lipinski definition) is 6. The van der Waals surface area contributed by atoms with Crippen LogP contribution in [0.5, 0.6) is 0 Å². The summed E-state index contributed by atoms with van der Waals surface area (Å²) >= 11 is 0. The molecule has 0 aliphatic rings. The summed E-state index contributed by atoms with van der Waals surface area (Å²) in [5, 5.41) is 0. The Bertz CT molecular complexity index is 783. The Morgan fingerprint density at radius 3 is 0.667 bits per heavy atom. The molecule has 0 saturated heterocycles. The molecule has 0 heterocycles. The highest BCUT2D eigenvalue weighted by atomic mass is 31.2. The molecule has 0 fully saturated rings. The molecule has 0 aromatic carbocycles. The van der Waals surface area contributed by atoms with Gasteiger partial charge in [0.15, 0.2) is 33.3 Å². The van der Waals surface area contributed by atoms with Crippen LogP contribution < -0.4 is 0 Å². The van der Waals surface area contributed by atoms with Crippen molar-refractivity contribution >= 4 is 48.5 Å². The summed E-state index contributed by atoms with van der Waals surface area (Å²) < 4.78 is 166. The van der Waals surface area contributed by atoms with Crippen molar-refractivity contribution in [2.45, 2.75) is 102 Å². The van der Waals surface area contributed by atoms with Crippen molar-refractivity contribution in [2.75, 3.05) is 0 Å². The summed E-state index contributed by atoms with van der Waals surface area (Å²) in [5.41, 5.74) is -12.9. The van der Waals surface area contributed by atoms with E-state index in [4.69, 9.17) is 0 Å². The zero-order valence-electron chi connectivity index (χ0n) is 22.4. The van der Waals surface area contributed by atoms with Crippen LogP contribution >= 0.6 is 15.2 Å². The average molecular weight is 651 g/mol. The number of halogens is 8. The van der Waals surface area contributed by atoms with E-state index in [-0.39, 0.29) is 0 Å². The summed E-state index contributed by atoms with van der Waals surface area (Å²) in [6, 6.07) is 0. The van der Waals surface area contributed by atoms with Gasteiger partial charge >= 0.3 is 38.4 Å².